The molecule has 230 valence electrons. The van der Waals surface area contributed by atoms with Gasteiger partial charge in [-0.05, 0) is 66.6 Å². The van der Waals surface area contributed by atoms with Crippen LogP contribution in [0.4, 0.5) is 0 Å². The van der Waals surface area contributed by atoms with Crippen LogP contribution in [0.15, 0.2) is 83.8 Å². The molecule has 0 aliphatic carbocycles. The predicted molar refractivity (Wildman–Crippen MR) is 168 cm³/mol. The molecule has 0 radical (unpaired) electrons. The zero-order valence-corrected chi connectivity index (χ0v) is 26.0. The van der Waals surface area contributed by atoms with E-state index in [9.17, 15) is 18.0 Å². The minimum Gasteiger partial charge on any atom is -0.497 e. The molecule has 1 heterocycles. The molecular formula is C34H43N3O5S. The number of carbonyl (C=O) groups is 2. The molecule has 1 fully saturated rings. The number of rotatable bonds is 15. The van der Waals surface area contributed by atoms with E-state index in [0.717, 1.165) is 48.8 Å². The zero-order chi connectivity index (χ0) is 30.7. The standard InChI is InChI=1S/C34H43N3O5S/c1-3-4-8-23-35-34(39)33(29-11-6-5-7-12-29)37(26-28-13-18-30(42-2)19-14-28)32(38)22-17-27-15-20-31(21-16-27)43(40,41)36-24-9-10-25-36/h5-7,11-16,18-21,33H,3-4,8-10,17,22-26H2,1-2H3,(H,35,39). The number of nitrogens with zero attached hydrogens (tertiary/aromatic N) is 2. The minimum atomic E-state index is -3.50. The molecule has 4 rings (SSSR count). The molecule has 1 saturated heterocycles. The van der Waals surface area contributed by atoms with Crippen LogP contribution in [0.2, 0.25) is 0 Å². The van der Waals surface area contributed by atoms with Crippen molar-refractivity contribution in [2.75, 3.05) is 26.7 Å². The first kappa shape index (κ1) is 32.2. The number of aryl methyl sites for hydroxylation is 1. The summed E-state index contributed by atoms with van der Waals surface area (Å²) in [6.45, 7) is 4.02. The molecule has 1 aliphatic rings. The van der Waals surface area contributed by atoms with Crippen molar-refractivity contribution in [2.24, 2.45) is 0 Å². The van der Waals surface area contributed by atoms with E-state index in [1.54, 1.807) is 36.3 Å². The van der Waals surface area contributed by atoms with Crippen LogP contribution in [-0.2, 0) is 32.6 Å². The molecule has 0 saturated carbocycles. The Balaban J connectivity index is 1.55. The lowest BCUT2D eigenvalue weighted by atomic mass is 10.0. The Labute approximate surface area is 256 Å². The Morgan fingerprint density at radius 2 is 1.56 bits per heavy atom. The summed E-state index contributed by atoms with van der Waals surface area (Å²) >= 11 is 0. The van der Waals surface area contributed by atoms with Crippen molar-refractivity contribution in [3.8, 4) is 5.75 Å². The van der Waals surface area contributed by atoms with E-state index < -0.39 is 16.1 Å². The number of benzene rings is 3. The van der Waals surface area contributed by atoms with Gasteiger partial charge < -0.3 is 15.0 Å². The van der Waals surface area contributed by atoms with Gasteiger partial charge in [-0.3, -0.25) is 9.59 Å². The number of hydrogen-bond donors (Lipinski definition) is 1. The molecule has 0 spiro atoms. The van der Waals surface area contributed by atoms with Crippen LogP contribution < -0.4 is 10.1 Å². The van der Waals surface area contributed by atoms with Crippen molar-refractivity contribution in [3.05, 3.63) is 95.6 Å². The van der Waals surface area contributed by atoms with Crippen LogP contribution in [0.3, 0.4) is 0 Å². The summed E-state index contributed by atoms with van der Waals surface area (Å²) < 4.78 is 32.7. The second-order valence-electron chi connectivity index (χ2n) is 10.9. The van der Waals surface area contributed by atoms with E-state index in [0.29, 0.717) is 31.8 Å². The van der Waals surface area contributed by atoms with Gasteiger partial charge >= 0.3 is 0 Å². The number of nitrogens with one attached hydrogen (secondary N) is 1. The highest BCUT2D eigenvalue weighted by atomic mass is 32.2. The van der Waals surface area contributed by atoms with Crippen LogP contribution in [0.1, 0.15) is 68.2 Å². The monoisotopic (exact) mass is 605 g/mol. The number of carbonyl (C=O) groups excluding carboxylic acids is 2. The van der Waals surface area contributed by atoms with E-state index in [4.69, 9.17) is 4.74 Å². The average molecular weight is 606 g/mol. The number of ether oxygens (including phenoxy) is 1. The Morgan fingerprint density at radius 3 is 2.19 bits per heavy atom. The first-order valence-corrected chi connectivity index (χ1v) is 16.6. The summed E-state index contributed by atoms with van der Waals surface area (Å²) in [5.74, 6) is 0.341. The van der Waals surface area contributed by atoms with Crippen molar-refractivity contribution in [1.29, 1.82) is 0 Å². The van der Waals surface area contributed by atoms with E-state index in [2.05, 4.69) is 12.2 Å². The van der Waals surface area contributed by atoms with Crippen LogP contribution in [0.5, 0.6) is 5.75 Å². The molecule has 3 aromatic rings. The van der Waals surface area contributed by atoms with Gasteiger partial charge in [0.2, 0.25) is 21.8 Å². The third-order valence-corrected chi connectivity index (χ3v) is 9.75. The number of unbranched alkanes of at least 4 members (excludes halogenated alkanes) is 2. The number of amides is 2. The molecule has 1 atom stereocenters. The summed E-state index contributed by atoms with van der Waals surface area (Å²) in [5, 5.41) is 3.06. The van der Waals surface area contributed by atoms with E-state index in [1.165, 1.54) is 4.31 Å². The summed E-state index contributed by atoms with van der Waals surface area (Å²) in [6.07, 6.45) is 5.29. The lowest BCUT2D eigenvalue weighted by Crippen LogP contribution is -2.43. The van der Waals surface area contributed by atoms with Gasteiger partial charge in [-0.15, -0.1) is 0 Å². The summed E-state index contributed by atoms with van der Waals surface area (Å²) in [5.41, 5.74) is 2.48. The fourth-order valence-electron chi connectivity index (χ4n) is 5.34. The third kappa shape index (κ3) is 8.67. The molecule has 43 heavy (non-hydrogen) atoms. The van der Waals surface area contributed by atoms with Gasteiger partial charge in [-0.2, -0.15) is 4.31 Å². The number of hydrogen-bond acceptors (Lipinski definition) is 5. The Bertz CT molecular complexity index is 1420. The van der Waals surface area contributed by atoms with E-state index in [1.807, 2.05) is 54.6 Å². The number of sulfonamides is 1. The van der Waals surface area contributed by atoms with Crippen LogP contribution in [-0.4, -0.2) is 56.2 Å². The van der Waals surface area contributed by atoms with Gasteiger partial charge in [-0.25, -0.2) is 8.42 Å². The molecule has 9 heteroatoms. The molecular weight excluding hydrogens is 562 g/mol. The molecule has 1 N–H and O–H groups in total. The highest BCUT2D eigenvalue weighted by Gasteiger charge is 2.31. The fourth-order valence-corrected chi connectivity index (χ4v) is 6.86. The second kappa shape index (κ2) is 15.7. The maximum absolute atomic E-state index is 14.0. The maximum Gasteiger partial charge on any atom is 0.247 e. The Hall–Kier alpha value is -3.69. The van der Waals surface area contributed by atoms with Gasteiger partial charge in [0.15, 0.2) is 0 Å². The van der Waals surface area contributed by atoms with Crippen LogP contribution in [0, 0.1) is 0 Å². The van der Waals surface area contributed by atoms with Gasteiger partial charge in [0.1, 0.15) is 11.8 Å². The fraction of sp³-hybridized carbons (Fsp3) is 0.412. The first-order valence-electron chi connectivity index (χ1n) is 15.2. The summed E-state index contributed by atoms with van der Waals surface area (Å²) in [4.78, 5) is 29.6. The Morgan fingerprint density at radius 1 is 0.907 bits per heavy atom. The molecule has 0 aromatic heterocycles. The number of methoxy groups -OCH3 is 1. The summed E-state index contributed by atoms with van der Waals surface area (Å²) in [7, 11) is -1.89. The second-order valence-corrected chi connectivity index (χ2v) is 12.9. The zero-order valence-electron chi connectivity index (χ0n) is 25.2. The average Bonchev–Trinajstić information content (AvgIpc) is 3.59. The lowest BCUT2D eigenvalue weighted by molar-refractivity contribution is -0.141. The maximum atomic E-state index is 14.0. The van der Waals surface area contributed by atoms with Gasteiger partial charge in [0, 0.05) is 32.6 Å². The van der Waals surface area contributed by atoms with Crippen molar-refractivity contribution in [3.63, 3.8) is 0 Å². The predicted octanol–water partition coefficient (Wildman–Crippen LogP) is 5.49. The van der Waals surface area contributed by atoms with E-state index >= 15 is 0 Å². The molecule has 3 aromatic carbocycles. The van der Waals surface area contributed by atoms with Crippen molar-refractivity contribution in [1.82, 2.24) is 14.5 Å². The normalized spacial score (nSPS) is 14.3. The molecule has 8 nitrogen and oxygen atoms in total. The molecule has 2 amide bonds. The lowest BCUT2D eigenvalue weighted by Gasteiger charge is -2.32. The largest absolute Gasteiger partial charge is 0.497 e. The quantitative estimate of drug-likeness (QED) is 0.231. The smallest absolute Gasteiger partial charge is 0.247 e. The van der Waals surface area contributed by atoms with Gasteiger partial charge in [0.05, 0.1) is 12.0 Å². The Kier molecular flexibility index (Phi) is 11.8. The van der Waals surface area contributed by atoms with Gasteiger partial charge in [-0.1, -0.05) is 74.4 Å². The topological polar surface area (TPSA) is 96.0 Å². The third-order valence-electron chi connectivity index (χ3n) is 7.84. The van der Waals surface area contributed by atoms with Crippen molar-refractivity contribution >= 4 is 21.8 Å². The first-order chi connectivity index (χ1) is 20.8. The molecule has 1 unspecified atom stereocenters. The molecule has 1 aliphatic heterocycles. The SMILES string of the molecule is CCCCCNC(=O)C(c1ccccc1)N(Cc1ccc(OC)cc1)C(=O)CCc1ccc(S(=O)(=O)N2CCCC2)cc1. The van der Waals surface area contributed by atoms with Crippen molar-refractivity contribution < 1.29 is 22.7 Å². The summed E-state index contributed by atoms with van der Waals surface area (Å²) in [6, 6.07) is 22.9. The van der Waals surface area contributed by atoms with Crippen LogP contribution >= 0.6 is 0 Å². The highest BCUT2D eigenvalue weighted by Crippen LogP contribution is 2.27. The highest BCUT2D eigenvalue weighted by molar-refractivity contribution is 7.89. The molecule has 0 bridgehead atoms. The minimum absolute atomic E-state index is 0.165. The van der Waals surface area contributed by atoms with Crippen LogP contribution in [0.25, 0.3) is 0 Å². The van der Waals surface area contributed by atoms with E-state index in [-0.39, 0.29) is 29.7 Å². The van der Waals surface area contributed by atoms with Crippen molar-refractivity contribution in [2.45, 2.75) is 69.4 Å². The van der Waals surface area contributed by atoms with Gasteiger partial charge in [0.25, 0.3) is 0 Å².